The second-order valence-electron chi connectivity index (χ2n) is 8.71. The Hall–Kier alpha value is -2.34. The Morgan fingerprint density at radius 2 is 1.73 bits per heavy atom. The second-order valence-corrected chi connectivity index (χ2v) is 10.7. The van der Waals surface area contributed by atoms with E-state index < -0.39 is 9.84 Å². The first-order valence-electron chi connectivity index (χ1n) is 10.2. The monoisotopic (exact) mass is 431 g/mol. The van der Waals surface area contributed by atoms with E-state index in [0.717, 1.165) is 6.42 Å². The van der Waals surface area contributed by atoms with Crippen LogP contribution in [0.4, 0.5) is 0 Å². The first-order chi connectivity index (χ1) is 14.0. The molecule has 2 aromatic carbocycles. The fourth-order valence-corrected chi connectivity index (χ4v) is 3.68. The van der Waals surface area contributed by atoms with Gasteiger partial charge < -0.3 is 9.64 Å². The van der Waals surface area contributed by atoms with Crippen molar-refractivity contribution in [3.8, 4) is 5.75 Å². The highest BCUT2D eigenvalue weighted by Crippen LogP contribution is 2.22. The summed E-state index contributed by atoms with van der Waals surface area (Å²) in [4.78, 5) is 14.3. The molecule has 2 aromatic rings. The van der Waals surface area contributed by atoms with Gasteiger partial charge in [-0.25, -0.2) is 8.42 Å². The Balaban J connectivity index is 1.73. The number of ether oxygens (including phenoxy) is 1. The molecule has 0 saturated heterocycles. The van der Waals surface area contributed by atoms with Crippen LogP contribution in [-0.2, 0) is 26.5 Å². The maximum Gasteiger partial charge on any atom is 0.222 e. The van der Waals surface area contributed by atoms with Crippen molar-refractivity contribution >= 4 is 15.7 Å². The third-order valence-electron chi connectivity index (χ3n) is 5.01. The van der Waals surface area contributed by atoms with Gasteiger partial charge in [0.05, 0.1) is 11.5 Å². The number of hydrogen-bond acceptors (Lipinski definition) is 4. The van der Waals surface area contributed by atoms with Crippen LogP contribution in [0.2, 0.25) is 0 Å². The highest BCUT2D eigenvalue weighted by Gasteiger charge is 2.14. The number of carbonyl (C=O) groups excluding carboxylic acids is 1. The molecule has 0 radical (unpaired) electrons. The van der Waals surface area contributed by atoms with E-state index >= 15 is 0 Å². The van der Waals surface area contributed by atoms with E-state index in [1.807, 2.05) is 0 Å². The fraction of sp³-hybridized carbons (Fsp3) is 0.458. The SMILES string of the molecule is CN(CCCOc1cccc(S(C)(=O)=O)c1)C(=O)CCc1ccc(C(C)(C)C)cc1. The molecule has 0 heterocycles. The second kappa shape index (κ2) is 10.1. The smallest absolute Gasteiger partial charge is 0.222 e. The summed E-state index contributed by atoms with van der Waals surface area (Å²) in [6, 6.07) is 14.9. The molecular weight excluding hydrogens is 398 g/mol. The van der Waals surface area contributed by atoms with Gasteiger partial charge in [0.2, 0.25) is 5.91 Å². The van der Waals surface area contributed by atoms with Gasteiger partial charge in [0, 0.05) is 26.3 Å². The summed E-state index contributed by atoms with van der Waals surface area (Å²) in [6.07, 6.45) is 3.04. The maximum absolute atomic E-state index is 12.4. The minimum absolute atomic E-state index is 0.106. The van der Waals surface area contributed by atoms with Crippen LogP contribution in [0, 0.1) is 0 Å². The highest BCUT2D eigenvalue weighted by atomic mass is 32.2. The third-order valence-corrected chi connectivity index (χ3v) is 6.12. The number of carbonyl (C=O) groups is 1. The quantitative estimate of drug-likeness (QED) is 0.557. The van der Waals surface area contributed by atoms with Crippen molar-refractivity contribution in [1.82, 2.24) is 4.90 Å². The van der Waals surface area contributed by atoms with Crippen LogP contribution in [-0.4, -0.2) is 45.7 Å². The Labute approximate surface area is 181 Å². The van der Waals surface area contributed by atoms with Crippen molar-refractivity contribution in [2.75, 3.05) is 26.5 Å². The van der Waals surface area contributed by atoms with Crippen LogP contribution in [0.3, 0.4) is 0 Å². The molecule has 0 spiro atoms. The number of hydrogen-bond donors (Lipinski definition) is 0. The molecule has 164 valence electrons. The Morgan fingerprint density at radius 3 is 2.33 bits per heavy atom. The number of sulfone groups is 1. The predicted molar refractivity (Wildman–Crippen MR) is 121 cm³/mol. The van der Waals surface area contributed by atoms with E-state index in [9.17, 15) is 13.2 Å². The lowest BCUT2D eigenvalue weighted by Crippen LogP contribution is -2.28. The summed E-state index contributed by atoms with van der Waals surface area (Å²) in [5, 5.41) is 0. The van der Waals surface area contributed by atoms with E-state index in [0.29, 0.717) is 31.7 Å². The zero-order chi connectivity index (χ0) is 22.4. The van der Waals surface area contributed by atoms with Crippen LogP contribution in [0.15, 0.2) is 53.4 Å². The van der Waals surface area contributed by atoms with Crippen molar-refractivity contribution in [2.24, 2.45) is 0 Å². The lowest BCUT2D eigenvalue weighted by molar-refractivity contribution is -0.129. The number of amides is 1. The summed E-state index contributed by atoms with van der Waals surface area (Å²) in [5.74, 6) is 0.625. The first-order valence-corrected chi connectivity index (χ1v) is 12.1. The third kappa shape index (κ3) is 7.48. The minimum Gasteiger partial charge on any atom is -0.493 e. The van der Waals surface area contributed by atoms with E-state index in [1.54, 1.807) is 30.1 Å². The molecule has 2 rings (SSSR count). The van der Waals surface area contributed by atoms with Crippen LogP contribution in [0.1, 0.15) is 44.7 Å². The maximum atomic E-state index is 12.4. The molecule has 0 fully saturated rings. The van der Waals surface area contributed by atoms with Crippen LogP contribution in [0.25, 0.3) is 0 Å². The Morgan fingerprint density at radius 1 is 1.07 bits per heavy atom. The molecule has 0 atom stereocenters. The lowest BCUT2D eigenvalue weighted by atomic mass is 9.86. The van der Waals surface area contributed by atoms with E-state index in [2.05, 4.69) is 45.0 Å². The van der Waals surface area contributed by atoms with Crippen LogP contribution in [0.5, 0.6) is 5.75 Å². The van der Waals surface area contributed by atoms with Gasteiger partial charge in [-0.2, -0.15) is 0 Å². The van der Waals surface area contributed by atoms with E-state index in [4.69, 9.17) is 4.74 Å². The zero-order valence-corrected chi connectivity index (χ0v) is 19.5. The minimum atomic E-state index is -3.25. The Bertz CT molecular complexity index is 944. The molecule has 1 amide bonds. The first kappa shape index (κ1) is 23.9. The summed E-state index contributed by atoms with van der Waals surface area (Å²) < 4.78 is 28.8. The average molecular weight is 432 g/mol. The zero-order valence-electron chi connectivity index (χ0n) is 18.6. The number of nitrogens with zero attached hydrogens (tertiary/aromatic N) is 1. The fourth-order valence-electron chi connectivity index (χ4n) is 3.02. The molecule has 6 heteroatoms. The standard InChI is InChI=1S/C24H33NO4S/c1-24(2,3)20-13-10-19(11-14-20)12-15-23(26)25(4)16-7-17-29-21-8-6-9-22(18-21)30(5,27)28/h6,8-11,13-14,18H,7,12,15-17H2,1-5H3. The van der Waals surface area contributed by atoms with Gasteiger partial charge in [-0.3, -0.25) is 4.79 Å². The molecule has 0 unspecified atom stereocenters. The number of rotatable bonds is 9. The molecule has 0 aliphatic rings. The number of benzene rings is 2. The van der Waals surface area contributed by atoms with E-state index in [1.165, 1.54) is 23.4 Å². The van der Waals surface area contributed by atoms with Crippen molar-refractivity contribution in [2.45, 2.75) is 50.3 Å². The summed E-state index contributed by atoms with van der Waals surface area (Å²) in [7, 11) is -1.45. The molecule has 30 heavy (non-hydrogen) atoms. The van der Waals surface area contributed by atoms with Gasteiger partial charge in [-0.15, -0.1) is 0 Å². The lowest BCUT2D eigenvalue weighted by Gasteiger charge is -2.19. The van der Waals surface area contributed by atoms with Gasteiger partial charge in [0.1, 0.15) is 5.75 Å². The van der Waals surface area contributed by atoms with Crippen molar-refractivity contribution < 1.29 is 17.9 Å². The van der Waals surface area contributed by atoms with Crippen LogP contribution < -0.4 is 4.74 Å². The van der Waals surface area contributed by atoms with Crippen molar-refractivity contribution in [3.63, 3.8) is 0 Å². The normalized spacial score (nSPS) is 11.9. The molecule has 0 bridgehead atoms. The van der Waals surface area contributed by atoms with Crippen LogP contribution >= 0.6 is 0 Å². The molecule has 0 aliphatic heterocycles. The van der Waals surface area contributed by atoms with Crippen molar-refractivity contribution in [3.05, 3.63) is 59.7 Å². The molecule has 0 aromatic heterocycles. The molecule has 0 N–H and O–H groups in total. The predicted octanol–water partition coefficient (Wildman–Crippen LogP) is 4.25. The van der Waals surface area contributed by atoms with Gasteiger partial charge >= 0.3 is 0 Å². The van der Waals surface area contributed by atoms with Gasteiger partial charge in [-0.05, 0) is 47.6 Å². The van der Waals surface area contributed by atoms with E-state index in [-0.39, 0.29) is 16.2 Å². The number of aryl methyl sites for hydroxylation is 1. The topological polar surface area (TPSA) is 63.7 Å². The highest BCUT2D eigenvalue weighted by molar-refractivity contribution is 7.90. The van der Waals surface area contributed by atoms with Gasteiger partial charge in [0.15, 0.2) is 9.84 Å². The summed E-state index contributed by atoms with van der Waals surface area (Å²) in [5.41, 5.74) is 2.58. The van der Waals surface area contributed by atoms with Crippen molar-refractivity contribution in [1.29, 1.82) is 0 Å². The molecule has 0 aliphatic carbocycles. The molecular formula is C24H33NO4S. The van der Waals surface area contributed by atoms with Gasteiger partial charge in [0.25, 0.3) is 0 Å². The van der Waals surface area contributed by atoms with Gasteiger partial charge in [-0.1, -0.05) is 51.1 Å². The Kier molecular flexibility index (Phi) is 8.07. The summed E-state index contributed by atoms with van der Waals surface area (Å²) in [6.45, 7) is 7.57. The molecule has 5 nitrogen and oxygen atoms in total. The summed E-state index contributed by atoms with van der Waals surface area (Å²) >= 11 is 0. The average Bonchev–Trinajstić information content (AvgIpc) is 2.68. The largest absolute Gasteiger partial charge is 0.493 e. The molecule has 0 saturated carbocycles.